The number of carboxylic acids is 1. The van der Waals surface area contributed by atoms with E-state index in [1.54, 1.807) is 17.4 Å². The van der Waals surface area contributed by atoms with Gasteiger partial charge in [0.05, 0.1) is 29.0 Å². The molecule has 1 saturated heterocycles. The second-order valence-electron chi connectivity index (χ2n) is 19.7. The summed E-state index contributed by atoms with van der Waals surface area (Å²) in [5, 5.41) is 36.8. The van der Waals surface area contributed by atoms with Crippen molar-refractivity contribution < 1.29 is 20.0 Å². The molecule has 13 nitrogen and oxygen atoms in total. The first-order chi connectivity index (χ1) is 28.7. The summed E-state index contributed by atoms with van der Waals surface area (Å²) in [7, 11) is 2.20. The van der Waals surface area contributed by atoms with Crippen LogP contribution in [0.3, 0.4) is 0 Å². The minimum absolute atomic E-state index is 0.0787. The maximum absolute atomic E-state index is 12.9. The highest BCUT2D eigenvalue weighted by Gasteiger charge is 2.66. The number of aromatic nitrogens is 4. The Labute approximate surface area is 357 Å². The fourth-order valence-electron chi connectivity index (χ4n) is 12.6. The van der Waals surface area contributed by atoms with Crippen LogP contribution in [-0.2, 0) is 11.2 Å². The van der Waals surface area contributed by atoms with Crippen LogP contribution in [0.5, 0.6) is 0 Å². The number of piperazine rings is 1. The van der Waals surface area contributed by atoms with Crippen molar-refractivity contribution in [1.29, 1.82) is 5.26 Å². The lowest BCUT2D eigenvalue weighted by atomic mass is 9.39. The van der Waals surface area contributed by atoms with Crippen LogP contribution in [0.1, 0.15) is 98.5 Å². The molecule has 4 N–H and O–H groups in total. The summed E-state index contributed by atoms with van der Waals surface area (Å²) in [5.41, 5.74) is 5.86. The molecule has 4 saturated carbocycles. The van der Waals surface area contributed by atoms with Gasteiger partial charge in [-0.05, 0) is 113 Å². The minimum Gasteiger partial charge on any atom is -0.476 e. The first-order valence-corrected chi connectivity index (χ1v) is 22.5. The molecule has 2 atom stereocenters. The van der Waals surface area contributed by atoms with Crippen molar-refractivity contribution >= 4 is 55.7 Å². The number of likely N-dealkylation sites (N-methyl/N-ethyl adjacent to an activating group) is 1. The van der Waals surface area contributed by atoms with E-state index < -0.39 is 5.97 Å². The molecule has 0 spiro atoms. The average molecular weight is 832 g/mol. The number of nitrogens with two attached hydrogens (primary N) is 1. The van der Waals surface area contributed by atoms with Crippen molar-refractivity contribution in [2.45, 2.75) is 91.6 Å². The number of nitrogens with one attached hydrogen (secondary N) is 1. The van der Waals surface area contributed by atoms with Crippen LogP contribution in [0, 0.1) is 41.4 Å². The molecule has 5 heterocycles. The van der Waals surface area contributed by atoms with Crippen LogP contribution in [0.2, 0.25) is 0 Å². The molecule has 0 radical (unpaired) electrons. The summed E-state index contributed by atoms with van der Waals surface area (Å²) >= 11 is 1.57. The van der Waals surface area contributed by atoms with Gasteiger partial charge < -0.3 is 30.3 Å². The van der Waals surface area contributed by atoms with E-state index in [4.69, 9.17) is 14.7 Å². The van der Waals surface area contributed by atoms with Gasteiger partial charge in [0.25, 0.3) is 0 Å². The van der Waals surface area contributed by atoms with Crippen LogP contribution >= 0.6 is 11.3 Å². The number of aryl methyl sites for hydroxylation is 1. The molecule has 3 aromatic heterocycles. The first kappa shape index (κ1) is 40.9. The number of ether oxygens (including phenoxy) is 1. The number of hydrogen-bond donors (Lipinski definition) is 3. The summed E-state index contributed by atoms with van der Waals surface area (Å²) in [6.45, 7) is 18.6. The van der Waals surface area contributed by atoms with Crippen LogP contribution in [0.25, 0.3) is 15.8 Å². The maximum Gasteiger partial charge on any atom is 0.355 e. The molecule has 316 valence electrons. The van der Waals surface area contributed by atoms with Gasteiger partial charge in [0.15, 0.2) is 22.5 Å². The fraction of sp³-hybridized carbons (Fsp3) is 0.565. The number of benzene rings is 1. The van der Waals surface area contributed by atoms with Gasteiger partial charge in [0.2, 0.25) is 0 Å². The van der Waals surface area contributed by atoms with Gasteiger partial charge in [-0.25, -0.2) is 14.8 Å². The van der Waals surface area contributed by atoms with Crippen molar-refractivity contribution in [2.75, 3.05) is 69.7 Å². The Bertz CT molecular complexity index is 2400. The highest BCUT2D eigenvalue weighted by molar-refractivity contribution is 7.22. The summed E-state index contributed by atoms with van der Waals surface area (Å²) in [4.78, 5) is 29.3. The van der Waals surface area contributed by atoms with Gasteiger partial charge in [0, 0.05) is 68.3 Å². The summed E-state index contributed by atoms with van der Waals surface area (Å²) in [6, 6.07) is 12.2. The van der Waals surface area contributed by atoms with Gasteiger partial charge in [0.1, 0.15) is 23.2 Å². The summed E-state index contributed by atoms with van der Waals surface area (Å²) in [6.07, 6.45) is 8.46. The topological polar surface area (TPSA) is 160 Å². The average Bonchev–Trinajstić information content (AvgIpc) is 3.59. The number of quaternary nitrogens is 1. The van der Waals surface area contributed by atoms with Gasteiger partial charge in [-0.3, -0.25) is 4.90 Å². The van der Waals surface area contributed by atoms with Gasteiger partial charge in [-0.15, -0.1) is 10.2 Å². The molecule has 10 rings (SSSR count). The predicted molar refractivity (Wildman–Crippen MR) is 235 cm³/mol. The quantitative estimate of drug-likeness (QED) is 0.128. The van der Waals surface area contributed by atoms with E-state index in [-0.39, 0.29) is 27.5 Å². The van der Waals surface area contributed by atoms with Crippen LogP contribution < -0.4 is 15.5 Å². The van der Waals surface area contributed by atoms with Crippen LogP contribution in [0.15, 0.2) is 36.0 Å². The Kier molecular flexibility index (Phi) is 10.5. The molecule has 1 aromatic carbocycles. The number of rotatable bonds is 12. The second kappa shape index (κ2) is 15.4. The number of aromatic carboxylic acids is 1. The molecule has 60 heavy (non-hydrogen) atoms. The Morgan fingerprint density at radius 2 is 1.77 bits per heavy atom. The maximum atomic E-state index is 12.9. The van der Waals surface area contributed by atoms with E-state index in [9.17, 15) is 15.2 Å². The summed E-state index contributed by atoms with van der Waals surface area (Å²) < 4.78 is 8.12. The molecule has 4 aromatic rings. The normalized spacial score (nSPS) is 28.1. The molecule has 2 aliphatic heterocycles. The third-order valence-corrected chi connectivity index (χ3v) is 15.1. The molecular formula is C46H59N10O3S+. The molecule has 6 aliphatic rings. The molecule has 4 aliphatic carbocycles. The Morgan fingerprint density at radius 3 is 2.50 bits per heavy atom. The van der Waals surface area contributed by atoms with E-state index in [0.717, 1.165) is 129 Å². The van der Waals surface area contributed by atoms with Gasteiger partial charge >= 0.3 is 5.97 Å². The van der Waals surface area contributed by atoms with E-state index >= 15 is 0 Å². The van der Waals surface area contributed by atoms with Gasteiger partial charge in [-0.1, -0.05) is 31.3 Å². The van der Waals surface area contributed by atoms with E-state index in [1.165, 1.54) is 6.42 Å². The first-order valence-electron chi connectivity index (χ1n) is 21.7. The molecule has 14 heteroatoms. The van der Waals surface area contributed by atoms with E-state index in [0.29, 0.717) is 35.1 Å². The zero-order valence-corrected chi connectivity index (χ0v) is 36.8. The van der Waals surface area contributed by atoms with Crippen LogP contribution in [-0.4, -0.2) is 106 Å². The van der Waals surface area contributed by atoms with Crippen molar-refractivity contribution in [3.63, 3.8) is 0 Å². The number of hydrogen-bond acceptors (Lipinski definition) is 12. The van der Waals surface area contributed by atoms with E-state index in [1.807, 2.05) is 24.8 Å². The standard InChI is InChI=1S/C46H58N10O3S/c1-29-9-11-36-35(20-29)49-42(60-36)51-39-30(2)32-8-7-13-56(40(32)53-52-39)37-12-10-33(38(50-37)41(57)58)34(21-47)31(3)48-28-45-23-43(4)22-44(5,24-45)26-46(25-43,27-45)59-19-18-55-16-14-54(6)15-17-55/h9-12,20,48H,7-8,13-19,22-28H2,1-6H3,(H,57,58)(H,49,51,52)/p+1/b34-31+. The number of pyridine rings is 1. The highest BCUT2D eigenvalue weighted by Crippen LogP contribution is 2.71. The number of carbonyl (C=O) groups is 1. The minimum atomic E-state index is -1.17. The lowest BCUT2D eigenvalue weighted by Crippen LogP contribution is -2.86. The lowest BCUT2D eigenvalue weighted by Gasteiger charge is -2.68. The molecule has 4 bridgehead atoms. The Hall–Kier alpha value is -4.52. The lowest BCUT2D eigenvalue weighted by molar-refractivity contribution is -0.623. The Balaban J connectivity index is 0.932. The van der Waals surface area contributed by atoms with Gasteiger partial charge in [-0.2, -0.15) is 5.26 Å². The van der Waals surface area contributed by atoms with Crippen molar-refractivity contribution in [1.82, 2.24) is 30.0 Å². The molecular weight excluding hydrogens is 773 g/mol. The molecule has 0 amide bonds. The number of carboxylic acid groups (broad SMARTS) is 1. The smallest absolute Gasteiger partial charge is 0.355 e. The number of allylic oxidation sites excluding steroid dienone is 2. The molecule has 2 unspecified atom stereocenters. The number of nitrogens with zero attached hydrogens (tertiary/aromatic N) is 8. The highest BCUT2D eigenvalue weighted by atomic mass is 32.1. The number of nitriles is 1. The SMILES string of the molecule is C/C([NH2+]CC12CC3(C)CC(C)(C1)CC(OCCN1CCN(C)CC1)(C3)C2)=C(/C#N)c1ccc(N2CCCc3c2nnc(Nc2nc4cc(C)ccc4s2)c3C)nc1C(=O)O. The largest absolute Gasteiger partial charge is 0.476 e. The Morgan fingerprint density at radius 1 is 1.00 bits per heavy atom. The number of anilines is 4. The third kappa shape index (κ3) is 7.79. The van der Waals surface area contributed by atoms with E-state index in [2.05, 4.69) is 82.7 Å². The summed E-state index contributed by atoms with van der Waals surface area (Å²) in [5.74, 6) is 0.618. The molecule has 5 fully saturated rings. The third-order valence-electron chi connectivity index (χ3n) is 14.2. The number of thiazole rings is 1. The monoisotopic (exact) mass is 831 g/mol. The van der Waals surface area contributed by atoms with Crippen molar-refractivity contribution in [3.05, 3.63) is 64.0 Å². The van der Waals surface area contributed by atoms with Crippen molar-refractivity contribution in [3.8, 4) is 6.07 Å². The number of fused-ring (bicyclic) bond motifs is 2. The zero-order valence-electron chi connectivity index (χ0n) is 36.0. The second-order valence-corrected chi connectivity index (χ2v) is 20.7. The zero-order chi connectivity index (χ0) is 42.0. The predicted octanol–water partition coefficient (Wildman–Crippen LogP) is 6.83. The fourth-order valence-corrected chi connectivity index (χ4v) is 13.4. The van der Waals surface area contributed by atoms with Crippen LogP contribution in [0.4, 0.5) is 22.6 Å². The van der Waals surface area contributed by atoms with Crippen molar-refractivity contribution in [2.24, 2.45) is 16.2 Å².